The molecule has 0 N–H and O–H groups in total. The van der Waals surface area contributed by atoms with Crippen molar-refractivity contribution in [2.24, 2.45) is 0 Å². The van der Waals surface area contributed by atoms with E-state index >= 15 is 0 Å². The minimum Gasteiger partial charge on any atom is -0.305 e. The number of rotatable bonds is 3. The van der Waals surface area contributed by atoms with Crippen LogP contribution >= 0.6 is 0 Å². The van der Waals surface area contributed by atoms with Crippen LogP contribution in [-0.4, -0.2) is 57.1 Å². The van der Waals surface area contributed by atoms with Gasteiger partial charge in [-0.25, -0.2) is 8.42 Å². The van der Waals surface area contributed by atoms with Gasteiger partial charge >= 0.3 is 0 Å². The van der Waals surface area contributed by atoms with Crippen molar-refractivity contribution in [2.45, 2.75) is 11.3 Å². The average Bonchev–Trinajstić information content (AvgIpc) is 2.64. The third-order valence-electron chi connectivity index (χ3n) is 3.33. The molecular formula is C13H18N2O3S. The van der Waals surface area contributed by atoms with Crippen molar-refractivity contribution in [3.8, 4) is 0 Å². The van der Waals surface area contributed by atoms with Crippen LogP contribution < -0.4 is 0 Å². The summed E-state index contributed by atoms with van der Waals surface area (Å²) in [6.07, 6.45) is 1.54. The number of nitrogens with zero attached hydrogens (tertiary/aromatic N) is 2. The van der Waals surface area contributed by atoms with Crippen molar-refractivity contribution < 1.29 is 13.2 Å². The molecule has 0 aliphatic carbocycles. The molecule has 0 saturated carbocycles. The van der Waals surface area contributed by atoms with E-state index in [0.29, 0.717) is 24.9 Å². The van der Waals surface area contributed by atoms with Gasteiger partial charge in [0.05, 0.1) is 4.90 Å². The van der Waals surface area contributed by atoms with Crippen LogP contribution in [0.25, 0.3) is 0 Å². The minimum absolute atomic E-state index is 0.252. The molecule has 0 bridgehead atoms. The Morgan fingerprint density at radius 3 is 2.37 bits per heavy atom. The maximum atomic E-state index is 12.5. The molecule has 1 aromatic rings. The number of hydrogen-bond donors (Lipinski definition) is 0. The van der Waals surface area contributed by atoms with E-state index in [-0.39, 0.29) is 4.90 Å². The summed E-state index contributed by atoms with van der Waals surface area (Å²) in [6, 6.07) is 6.05. The van der Waals surface area contributed by atoms with E-state index in [1.807, 2.05) is 7.05 Å². The van der Waals surface area contributed by atoms with Gasteiger partial charge in [0.15, 0.2) is 0 Å². The Balaban J connectivity index is 2.22. The third-order valence-corrected chi connectivity index (χ3v) is 5.25. The van der Waals surface area contributed by atoms with Gasteiger partial charge < -0.3 is 4.90 Å². The summed E-state index contributed by atoms with van der Waals surface area (Å²) >= 11 is 0. The number of carbonyl (C=O) groups excluding carboxylic acids is 1. The number of likely N-dealkylation sites (N-methyl/N-ethyl adjacent to an activating group) is 1. The van der Waals surface area contributed by atoms with E-state index in [1.165, 1.54) is 28.6 Å². The van der Waals surface area contributed by atoms with Crippen LogP contribution in [0.4, 0.5) is 0 Å². The highest BCUT2D eigenvalue weighted by molar-refractivity contribution is 7.89. The highest BCUT2D eigenvalue weighted by Gasteiger charge is 2.25. The van der Waals surface area contributed by atoms with Crippen molar-refractivity contribution in [1.29, 1.82) is 0 Å². The van der Waals surface area contributed by atoms with E-state index in [0.717, 1.165) is 19.5 Å². The molecule has 0 radical (unpaired) electrons. The third kappa shape index (κ3) is 3.20. The highest BCUT2D eigenvalue weighted by atomic mass is 32.2. The van der Waals surface area contributed by atoms with Gasteiger partial charge in [0.25, 0.3) is 0 Å². The Morgan fingerprint density at radius 1 is 1.05 bits per heavy atom. The monoisotopic (exact) mass is 282 g/mol. The average molecular weight is 282 g/mol. The van der Waals surface area contributed by atoms with Crippen molar-refractivity contribution in [3.05, 3.63) is 29.8 Å². The first kappa shape index (κ1) is 14.2. The maximum Gasteiger partial charge on any atom is 0.243 e. The summed E-state index contributed by atoms with van der Waals surface area (Å²) in [6.45, 7) is 2.71. The molecule has 1 heterocycles. The molecule has 2 rings (SSSR count). The second-order valence-corrected chi connectivity index (χ2v) is 6.69. The maximum absolute atomic E-state index is 12.5. The summed E-state index contributed by atoms with van der Waals surface area (Å²) in [5.74, 6) is 0. The molecule has 1 aliphatic rings. The summed E-state index contributed by atoms with van der Waals surface area (Å²) in [7, 11) is -1.45. The van der Waals surface area contributed by atoms with E-state index in [9.17, 15) is 13.2 Å². The summed E-state index contributed by atoms with van der Waals surface area (Å²) in [5, 5.41) is 0. The zero-order valence-electron chi connectivity index (χ0n) is 10.9. The van der Waals surface area contributed by atoms with Gasteiger partial charge in [-0.2, -0.15) is 4.31 Å². The molecule has 19 heavy (non-hydrogen) atoms. The van der Waals surface area contributed by atoms with Crippen LogP contribution in [0, 0.1) is 0 Å². The molecular weight excluding hydrogens is 264 g/mol. The summed E-state index contributed by atoms with van der Waals surface area (Å²) in [5.41, 5.74) is 0.481. The number of sulfonamides is 1. The number of hydrogen-bond acceptors (Lipinski definition) is 4. The fourth-order valence-corrected chi connectivity index (χ4v) is 3.60. The number of aldehydes is 1. The largest absolute Gasteiger partial charge is 0.305 e. The lowest BCUT2D eigenvalue weighted by Gasteiger charge is -2.20. The van der Waals surface area contributed by atoms with Gasteiger partial charge in [-0.1, -0.05) is 12.1 Å². The smallest absolute Gasteiger partial charge is 0.243 e. The first-order chi connectivity index (χ1) is 9.04. The highest BCUT2D eigenvalue weighted by Crippen LogP contribution is 2.17. The Labute approximate surface area is 113 Å². The summed E-state index contributed by atoms with van der Waals surface area (Å²) < 4.78 is 26.5. The van der Waals surface area contributed by atoms with Gasteiger partial charge in [0.1, 0.15) is 6.29 Å². The number of benzene rings is 1. The zero-order chi connectivity index (χ0) is 13.9. The Hall–Kier alpha value is -1.24. The zero-order valence-corrected chi connectivity index (χ0v) is 11.8. The normalized spacial score (nSPS) is 19.0. The van der Waals surface area contributed by atoms with E-state index in [4.69, 9.17) is 0 Å². The standard InChI is InChI=1S/C13H18N2O3S/c1-14-7-2-8-15(10-9-14)19(17,18)13-5-3-12(11-16)4-6-13/h3-6,11H,2,7-10H2,1H3. The van der Waals surface area contributed by atoms with Crippen LogP contribution in [-0.2, 0) is 10.0 Å². The van der Waals surface area contributed by atoms with Gasteiger partial charge in [-0.3, -0.25) is 4.79 Å². The molecule has 5 nitrogen and oxygen atoms in total. The first-order valence-corrected chi connectivity index (χ1v) is 7.72. The molecule has 1 saturated heterocycles. The minimum atomic E-state index is -3.44. The van der Waals surface area contributed by atoms with Crippen molar-refractivity contribution >= 4 is 16.3 Å². The molecule has 0 spiro atoms. The Morgan fingerprint density at radius 2 is 1.74 bits per heavy atom. The molecule has 0 unspecified atom stereocenters. The van der Waals surface area contributed by atoms with Gasteiger partial charge in [-0.05, 0) is 32.1 Å². The Bertz CT molecular complexity index is 540. The van der Waals surface area contributed by atoms with Crippen LogP contribution in [0.15, 0.2) is 29.2 Å². The van der Waals surface area contributed by atoms with E-state index < -0.39 is 10.0 Å². The van der Waals surface area contributed by atoms with Crippen molar-refractivity contribution in [1.82, 2.24) is 9.21 Å². The second-order valence-electron chi connectivity index (χ2n) is 4.75. The van der Waals surface area contributed by atoms with Crippen LogP contribution in [0.2, 0.25) is 0 Å². The topological polar surface area (TPSA) is 57.7 Å². The predicted molar refractivity (Wildman–Crippen MR) is 72.7 cm³/mol. The number of carbonyl (C=O) groups is 1. The second kappa shape index (κ2) is 5.81. The molecule has 1 fully saturated rings. The lowest BCUT2D eigenvalue weighted by molar-refractivity contribution is 0.112. The van der Waals surface area contributed by atoms with Crippen molar-refractivity contribution in [3.63, 3.8) is 0 Å². The molecule has 6 heteroatoms. The molecule has 104 valence electrons. The molecule has 0 atom stereocenters. The Kier molecular flexibility index (Phi) is 4.34. The lowest BCUT2D eigenvalue weighted by atomic mass is 10.2. The van der Waals surface area contributed by atoms with Crippen LogP contribution in [0.1, 0.15) is 16.8 Å². The molecule has 0 aromatic heterocycles. The quantitative estimate of drug-likeness (QED) is 0.770. The fraction of sp³-hybridized carbons (Fsp3) is 0.462. The fourth-order valence-electron chi connectivity index (χ4n) is 2.13. The van der Waals surface area contributed by atoms with Crippen LogP contribution in [0.3, 0.4) is 0 Å². The molecule has 0 amide bonds. The lowest BCUT2D eigenvalue weighted by Crippen LogP contribution is -2.34. The first-order valence-electron chi connectivity index (χ1n) is 6.28. The SMILES string of the molecule is CN1CCCN(S(=O)(=O)c2ccc(C=O)cc2)CC1. The van der Waals surface area contributed by atoms with Crippen LogP contribution in [0.5, 0.6) is 0 Å². The summed E-state index contributed by atoms with van der Waals surface area (Å²) in [4.78, 5) is 13.0. The van der Waals surface area contributed by atoms with E-state index in [2.05, 4.69) is 4.90 Å². The molecule has 1 aliphatic heterocycles. The van der Waals surface area contributed by atoms with Crippen molar-refractivity contribution in [2.75, 3.05) is 33.2 Å². The van der Waals surface area contributed by atoms with E-state index in [1.54, 1.807) is 0 Å². The van der Waals surface area contributed by atoms with Gasteiger partial charge in [0.2, 0.25) is 10.0 Å². The molecule has 1 aromatic carbocycles. The van der Waals surface area contributed by atoms with Gasteiger partial charge in [-0.15, -0.1) is 0 Å². The van der Waals surface area contributed by atoms with Gasteiger partial charge in [0, 0.05) is 25.2 Å². The predicted octanol–water partition coefficient (Wildman–Crippen LogP) is 0.825.